The van der Waals surface area contributed by atoms with Gasteiger partial charge in [-0.2, -0.15) is 0 Å². The van der Waals surface area contributed by atoms with Gasteiger partial charge in [0.05, 0.1) is 0 Å². The molecule has 94 valence electrons. The summed E-state index contributed by atoms with van der Waals surface area (Å²) in [7, 11) is 0. The number of aromatic nitrogens is 1. The molecule has 1 aliphatic carbocycles. The van der Waals surface area contributed by atoms with Crippen molar-refractivity contribution in [1.82, 2.24) is 4.98 Å². The second-order valence-corrected chi connectivity index (χ2v) is 4.32. The number of esters is 1. The van der Waals surface area contributed by atoms with E-state index < -0.39 is 12.1 Å². The molecule has 1 atom stereocenters. The van der Waals surface area contributed by atoms with Crippen molar-refractivity contribution < 1.29 is 19.1 Å². The lowest BCUT2D eigenvalue weighted by Crippen LogP contribution is -2.22. The van der Waals surface area contributed by atoms with Crippen LogP contribution in [0.2, 0.25) is 0 Å². The van der Waals surface area contributed by atoms with Crippen molar-refractivity contribution in [3.8, 4) is 0 Å². The number of rotatable bonds is 5. The summed E-state index contributed by atoms with van der Waals surface area (Å²) < 4.78 is 10.3. The van der Waals surface area contributed by atoms with Gasteiger partial charge >= 0.3 is 5.97 Å². The van der Waals surface area contributed by atoms with Gasteiger partial charge in [-0.15, -0.1) is 0 Å². The number of hydrogen-bond acceptors (Lipinski definition) is 5. The summed E-state index contributed by atoms with van der Waals surface area (Å²) in [6, 6.07) is 0. The van der Waals surface area contributed by atoms with Gasteiger partial charge in [-0.3, -0.25) is 0 Å². The van der Waals surface area contributed by atoms with Gasteiger partial charge in [0.25, 0.3) is 0 Å². The van der Waals surface area contributed by atoms with E-state index in [9.17, 15) is 9.90 Å². The Morgan fingerprint density at radius 2 is 2.47 bits per heavy atom. The van der Waals surface area contributed by atoms with Crippen LogP contribution >= 0.6 is 0 Å². The Bertz CT molecular complexity index is 384. The summed E-state index contributed by atoms with van der Waals surface area (Å²) in [5.41, 5.74) is 0.673. The van der Waals surface area contributed by atoms with Crippen LogP contribution in [-0.4, -0.2) is 22.2 Å². The molecule has 2 rings (SSSR count). The second kappa shape index (κ2) is 5.31. The fourth-order valence-corrected chi connectivity index (χ4v) is 1.79. The average Bonchev–Trinajstić information content (AvgIpc) is 2.70. The molecule has 0 aromatic carbocycles. The van der Waals surface area contributed by atoms with Gasteiger partial charge in [0.2, 0.25) is 0 Å². The smallest absolute Gasteiger partial charge is 0.335 e. The summed E-state index contributed by atoms with van der Waals surface area (Å²) in [5, 5.41) is 9.27. The molecule has 5 heteroatoms. The molecule has 5 nitrogen and oxygen atoms in total. The van der Waals surface area contributed by atoms with Crippen LogP contribution < -0.4 is 0 Å². The lowest BCUT2D eigenvalue weighted by atomic mass is 9.83. The van der Waals surface area contributed by atoms with Gasteiger partial charge in [-0.05, 0) is 19.3 Å². The molecule has 1 fully saturated rings. The van der Waals surface area contributed by atoms with Crippen molar-refractivity contribution in [2.45, 2.75) is 51.2 Å². The van der Waals surface area contributed by atoms with E-state index in [1.54, 1.807) is 6.92 Å². The number of hydrogen-bond donors (Lipinski definition) is 1. The van der Waals surface area contributed by atoms with Gasteiger partial charge in [-0.25, -0.2) is 9.78 Å². The molecule has 1 aliphatic rings. The maximum atomic E-state index is 11.3. The average molecular weight is 239 g/mol. The monoisotopic (exact) mass is 239 g/mol. The van der Waals surface area contributed by atoms with E-state index >= 15 is 0 Å². The van der Waals surface area contributed by atoms with Crippen molar-refractivity contribution in [3.05, 3.63) is 17.8 Å². The molecule has 1 aromatic heterocycles. The molecule has 0 spiro atoms. The van der Waals surface area contributed by atoms with E-state index in [1.165, 1.54) is 12.8 Å². The topological polar surface area (TPSA) is 72.6 Å². The van der Waals surface area contributed by atoms with Crippen LogP contribution in [0.1, 0.15) is 50.0 Å². The zero-order valence-corrected chi connectivity index (χ0v) is 9.89. The zero-order valence-electron chi connectivity index (χ0n) is 9.89. The lowest BCUT2D eigenvalue weighted by Gasteiger charge is -2.23. The van der Waals surface area contributed by atoms with Crippen LogP contribution in [0.5, 0.6) is 0 Å². The fraction of sp³-hybridized carbons (Fsp3) is 0.667. The van der Waals surface area contributed by atoms with Gasteiger partial charge in [0, 0.05) is 5.92 Å². The van der Waals surface area contributed by atoms with E-state index in [1.807, 2.05) is 0 Å². The maximum absolute atomic E-state index is 11.3. The Hall–Kier alpha value is -1.36. The van der Waals surface area contributed by atoms with Crippen molar-refractivity contribution in [2.75, 3.05) is 0 Å². The first-order valence-electron chi connectivity index (χ1n) is 5.99. The van der Waals surface area contributed by atoms with Crippen LogP contribution in [0.4, 0.5) is 0 Å². The summed E-state index contributed by atoms with van der Waals surface area (Å²) in [5.74, 6) is 0.646. The Morgan fingerprint density at radius 1 is 1.71 bits per heavy atom. The van der Waals surface area contributed by atoms with Gasteiger partial charge in [0.15, 0.2) is 12.5 Å². The first-order chi connectivity index (χ1) is 8.22. The van der Waals surface area contributed by atoms with E-state index in [2.05, 4.69) is 4.98 Å². The van der Waals surface area contributed by atoms with Crippen molar-refractivity contribution in [1.29, 1.82) is 0 Å². The number of carbonyl (C=O) groups excluding carboxylic acids is 1. The molecule has 0 radical (unpaired) electrons. The van der Waals surface area contributed by atoms with Crippen molar-refractivity contribution in [3.63, 3.8) is 0 Å². The molecular formula is C12H17NO4. The highest BCUT2D eigenvalue weighted by Gasteiger charge is 2.26. The number of nitrogens with zero attached hydrogens (tertiary/aromatic N) is 1. The highest BCUT2D eigenvalue weighted by Crippen LogP contribution is 2.37. The number of carbonyl (C=O) groups is 1. The SMILES string of the molecule is CC[C@@H](O)C(=O)OCc1ncoc1C1CCC1. The minimum atomic E-state index is -1.05. The molecule has 1 heterocycles. The highest BCUT2D eigenvalue weighted by molar-refractivity contribution is 5.74. The maximum Gasteiger partial charge on any atom is 0.335 e. The van der Waals surface area contributed by atoms with Crippen molar-refractivity contribution >= 4 is 5.97 Å². The third-order valence-electron chi connectivity index (χ3n) is 3.16. The Labute approximate surface area is 99.8 Å². The van der Waals surface area contributed by atoms with E-state index in [4.69, 9.17) is 9.15 Å². The molecule has 0 saturated heterocycles. The molecule has 17 heavy (non-hydrogen) atoms. The van der Waals surface area contributed by atoms with Gasteiger partial charge in [-0.1, -0.05) is 13.3 Å². The third kappa shape index (κ3) is 2.66. The second-order valence-electron chi connectivity index (χ2n) is 4.32. The number of oxazole rings is 1. The summed E-state index contributed by atoms with van der Waals surface area (Å²) in [4.78, 5) is 15.4. The normalized spacial score (nSPS) is 17.5. The predicted molar refractivity (Wildman–Crippen MR) is 59.2 cm³/mol. The Kier molecular flexibility index (Phi) is 3.78. The molecular weight excluding hydrogens is 222 g/mol. The summed E-state index contributed by atoms with van der Waals surface area (Å²) >= 11 is 0. The standard InChI is InChI=1S/C12H17NO4/c1-2-10(14)12(15)16-6-9-11(17-7-13-9)8-4-3-5-8/h7-8,10,14H,2-6H2,1H3/t10-/m1/s1. The number of ether oxygens (including phenoxy) is 1. The molecule has 1 aromatic rings. The molecule has 0 amide bonds. The first kappa shape index (κ1) is 12.1. The van der Waals surface area contributed by atoms with Gasteiger partial charge in [0.1, 0.15) is 18.1 Å². The third-order valence-corrected chi connectivity index (χ3v) is 3.16. The minimum Gasteiger partial charge on any atom is -0.457 e. The van der Waals surface area contributed by atoms with Crippen molar-refractivity contribution in [2.24, 2.45) is 0 Å². The molecule has 0 unspecified atom stereocenters. The fourth-order valence-electron chi connectivity index (χ4n) is 1.79. The largest absolute Gasteiger partial charge is 0.457 e. The van der Waals surface area contributed by atoms with Crippen LogP contribution in [0.3, 0.4) is 0 Å². The van der Waals surface area contributed by atoms with E-state index in [-0.39, 0.29) is 6.61 Å². The van der Waals surface area contributed by atoms with E-state index in [0.717, 1.165) is 18.6 Å². The van der Waals surface area contributed by atoms with Crippen LogP contribution in [0.25, 0.3) is 0 Å². The predicted octanol–water partition coefficient (Wildman–Crippen LogP) is 1.76. The van der Waals surface area contributed by atoms with Crippen LogP contribution in [0.15, 0.2) is 10.8 Å². The zero-order chi connectivity index (χ0) is 12.3. The lowest BCUT2D eigenvalue weighted by molar-refractivity contribution is -0.155. The number of aliphatic hydroxyl groups excluding tert-OH is 1. The van der Waals surface area contributed by atoms with Crippen LogP contribution in [-0.2, 0) is 16.1 Å². The summed E-state index contributed by atoms with van der Waals surface area (Å²) in [6.07, 6.45) is 4.11. The Balaban J connectivity index is 1.90. The van der Waals surface area contributed by atoms with E-state index in [0.29, 0.717) is 18.0 Å². The molecule has 1 saturated carbocycles. The minimum absolute atomic E-state index is 0.0816. The summed E-state index contributed by atoms with van der Waals surface area (Å²) in [6.45, 7) is 1.81. The molecule has 1 N–H and O–H groups in total. The number of aliphatic hydroxyl groups is 1. The molecule has 0 bridgehead atoms. The van der Waals surface area contributed by atoms with Gasteiger partial charge < -0.3 is 14.3 Å². The first-order valence-corrected chi connectivity index (χ1v) is 5.99. The highest BCUT2D eigenvalue weighted by atomic mass is 16.5. The molecule has 0 aliphatic heterocycles. The quantitative estimate of drug-likeness (QED) is 0.792. The van der Waals surface area contributed by atoms with Crippen LogP contribution in [0, 0.1) is 0 Å². The Morgan fingerprint density at radius 3 is 3.06 bits per heavy atom.